The van der Waals surface area contributed by atoms with Crippen molar-refractivity contribution in [2.45, 2.75) is 39.2 Å². The molecule has 0 aliphatic heterocycles. The largest absolute Gasteiger partial charge is 0.351 e. The molecule has 0 aliphatic rings. The van der Waals surface area contributed by atoms with Gasteiger partial charge in [-0.05, 0) is 67.4 Å². The fraction of sp³-hybridized carbons (Fsp3) is 0.200. The van der Waals surface area contributed by atoms with Crippen LogP contribution in [-0.4, -0.2) is 16.6 Å². The van der Waals surface area contributed by atoms with Gasteiger partial charge in [-0.2, -0.15) is 4.57 Å². The highest BCUT2D eigenvalue weighted by Gasteiger charge is 2.25. The van der Waals surface area contributed by atoms with Gasteiger partial charge in [-0.1, -0.05) is 68.3 Å². The Morgan fingerprint density at radius 1 is 0.850 bits per heavy atom. The van der Waals surface area contributed by atoms with Crippen LogP contribution in [0.4, 0.5) is 5.69 Å². The minimum atomic E-state index is 0.967. The highest BCUT2D eigenvalue weighted by atomic mass is 32.1. The summed E-state index contributed by atoms with van der Waals surface area (Å²) in [6.45, 7) is 3.24. The average molecular weight is 544 g/mol. The Kier molecular flexibility index (Phi) is 7.73. The summed E-state index contributed by atoms with van der Waals surface area (Å²) in [5, 5.41) is 1.06. The van der Waals surface area contributed by atoms with Gasteiger partial charge in [0, 0.05) is 30.6 Å². The lowest BCUT2D eigenvalue weighted by atomic mass is 10.2. The maximum atomic E-state index is 4.97. The Bertz CT molecular complexity index is 1720. The van der Waals surface area contributed by atoms with E-state index in [1.165, 1.54) is 40.8 Å². The fourth-order valence-corrected chi connectivity index (χ4v) is 6.26. The Morgan fingerprint density at radius 2 is 1.60 bits per heavy atom. The van der Waals surface area contributed by atoms with Crippen LogP contribution in [0.1, 0.15) is 38.4 Å². The molecule has 2 aromatic heterocycles. The van der Waals surface area contributed by atoms with Gasteiger partial charge in [-0.3, -0.25) is 0 Å². The highest BCUT2D eigenvalue weighted by molar-refractivity contribution is 7.21. The molecule has 2 heterocycles. The predicted octanol–water partition coefficient (Wildman–Crippen LogP) is 8.88. The summed E-state index contributed by atoms with van der Waals surface area (Å²) < 4.78 is 6.12. The van der Waals surface area contributed by atoms with Crippen molar-refractivity contribution in [1.82, 2.24) is 9.55 Å². The average Bonchev–Trinajstić information content (AvgIpc) is 3.58. The fourth-order valence-electron chi connectivity index (χ4n) is 5.30. The number of hydrogen-bond donors (Lipinski definition) is 0. The number of hydrogen-bond acceptors (Lipinski definition) is 3. The van der Waals surface area contributed by atoms with Gasteiger partial charge in [0.25, 0.3) is 5.82 Å². The molecule has 0 aliphatic carbocycles. The molecule has 0 saturated heterocycles. The van der Waals surface area contributed by atoms with Gasteiger partial charge in [0.2, 0.25) is 0 Å². The molecule has 0 bridgehead atoms. The van der Waals surface area contributed by atoms with Crippen LogP contribution >= 0.6 is 11.3 Å². The number of unbranched alkanes of at least 4 members (excludes halogenated alkanes) is 3. The van der Waals surface area contributed by atoms with E-state index in [9.17, 15) is 0 Å². The molecule has 40 heavy (non-hydrogen) atoms. The maximum Gasteiger partial charge on any atom is 0.289 e. The molecule has 0 amide bonds. The molecule has 4 aromatic carbocycles. The zero-order chi connectivity index (χ0) is 27.3. The number of aryl methyl sites for hydroxylation is 1. The number of imidazole rings is 1. The lowest BCUT2D eigenvalue weighted by Crippen LogP contribution is -2.36. The van der Waals surface area contributed by atoms with E-state index < -0.39 is 0 Å². The van der Waals surface area contributed by atoms with Crippen LogP contribution in [0.3, 0.4) is 0 Å². The summed E-state index contributed by atoms with van der Waals surface area (Å²) in [6.07, 6.45) is 9.31. The molecule has 0 N–H and O–H groups in total. The first-order chi connectivity index (χ1) is 19.7. The second-order valence-electron chi connectivity index (χ2n) is 10.2. The number of fused-ring (bicyclic) bond motifs is 2. The van der Waals surface area contributed by atoms with Crippen molar-refractivity contribution in [3.05, 3.63) is 115 Å². The van der Waals surface area contributed by atoms with Gasteiger partial charge in [0.05, 0.1) is 16.8 Å². The van der Waals surface area contributed by atoms with Crippen LogP contribution in [0.15, 0.2) is 109 Å². The molecule has 0 radical (unpaired) electrons. The SMILES string of the molecule is CCCCCC[n+]1c(/C=C/N(C)c2ccccc2)n(-c2ccccc2)c2ccc(-c3nc4ccccc4s3)cc21. The Hall–Kier alpha value is -4.22. The Balaban J connectivity index is 1.52. The van der Waals surface area contributed by atoms with Gasteiger partial charge < -0.3 is 4.90 Å². The van der Waals surface area contributed by atoms with E-state index in [2.05, 4.69) is 143 Å². The first-order valence-corrected chi connectivity index (χ1v) is 15.0. The lowest BCUT2D eigenvalue weighted by molar-refractivity contribution is -0.674. The number of para-hydroxylation sites is 3. The molecular formula is C35H35N4S+. The third-order valence-electron chi connectivity index (χ3n) is 7.41. The summed E-state index contributed by atoms with van der Waals surface area (Å²) in [6, 6.07) is 36.4. The summed E-state index contributed by atoms with van der Waals surface area (Å²) in [5.74, 6) is 1.17. The van der Waals surface area contributed by atoms with Crippen molar-refractivity contribution < 1.29 is 4.57 Å². The summed E-state index contributed by atoms with van der Waals surface area (Å²) in [7, 11) is 2.11. The first kappa shape index (κ1) is 26.0. The predicted molar refractivity (Wildman–Crippen MR) is 170 cm³/mol. The van der Waals surface area contributed by atoms with Crippen LogP contribution in [0.5, 0.6) is 0 Å². The third kappa shape index (κ3) is 5.30. The van der Waals surface area contributed by atoms with E-state index in [1.807, 2.05) is 0 Å². The number of anilines is 1. The van der Waals surface area contributed by atoms with Crippen molar-refractivity contribution in [2.24, 2.45) is 0 Å². The Morgan fingerprint density at radius 3 is 2.38 bits per heavy atom. The third-order valence-corrected chi connectivity index (χ3v) is 8.50. The van der Waals surface area contributed by atoms with Crippen molar-refractivity contribution in [3.8, 4) is 16.3 Å². The quantitative estimate of drug-likeness (QED) is 0.127. The lowest BCUT2D eigenvalue weighted by Gasteiger charge is -2.13. The molecule has 0 saturated carbocycles. The van der Waals surface area contributed by atoms with E-state index in [4.69, 9.17) is 4.98 Å². The molecule has 6 aromatic rings. The molecule has 0 unspecified atom stereocenters. The molecule has 0 atom stereocenters. The molecule has 4 nitrogen and oxygen atoms in total. The normalized spacial score (nSPS) is 11.7. The topological polar surface area (TPSA) is 24.9 Å². The van der Waals surface area contributed by atoms with Crippen molar-refractivity contribution in [3.63, 3.8) is 0 Å². The van der Waals surface area contributed by atoms with Crippen LogP contribution in [0.25, 0.3) is 43.6 Å². The zero-order valence-electron chi connectivity index (χ0n) is 23.2. The molecule has 0 fully saturated rings. The van der Waals surface area contributed by atoms with Gasteiger partial charge in [0.15, 0.2) is 11.0 Å². The number of rotatable bonds is 10. The van der Waals surface area contributed by atoms with Crippen molar-refractivity contribution in [1.29, 1.82) is 0 Å². The zero-order valence-corrected chi connectivity index (χ0v) is 24.0. The van der Waals surface area contributed by atoms with Crippen molar-refractivity contribution >= 4 is 44.4 Å². The molecule has 5 heteroatoms. The van der Waals surface area contributed by atoms with E-state index >= 15 is 0 Å². The minimum Gasteiger partial charge on any atom is -0.351 e. The monoisotopic (exact) mass is 543 g/mol. The Labute approximate surface area is 240 Å². The van der Waals surface area contributed by atoms with Crippen LogP contribution in [0, 0.1) is 0 Å². The minimum absolute atomic E-state index is 0.967. The van der Waals surface area contributed by atoms with Gasteiger partial charge >= 0.3 is 0 Å². The second-order valence-corrected chi connectivity index (χ2v) is 11.2. The van der Waals surface area contributed by atoms with Gasteiger partial charge in [0.1, 0.15) is 10.7 Å². The van der Waals surface area contributed by atoms with E-state index in [-0.39, 0.29) is 0 Å². The number of nitrogens with zero attached hydrogens (tertiary/aromatic N) is 4. The number of aromatic nitrogens is 3. The maximum absolute atomic E-state index is 4.97. The standard InChI is InChI=1S/C35H35N4S/c1-3-4-5-14-24-38-32-26-27(35-36-30-19-12-13-20-33(30)40-35)21-22-31(32)39(29-17-10-7-11-18-29)34(38)23-25-37(2)28-15-8-6-9-16-28/h6-13,15-23,25-26H,3-5,14,24H2,1-2H3/q+1. The molecule has 0 spiro atoms. The van der Waals surface area contributed by atoms with Gasteiger partial charge in [-0.15, -0.1) is 11.3 Å². The highest BCUT2D eigenvalue weighted by Crippen LogP contribution is 2.32. The van der Waals surface area contributed by atoms with Crippen LogP contribution in [-0.2, 0) is 6.54 Å². The summed E-state index contributed by atoms with van der Waals surface area (Å²) in [4.78, 5) is 7.15. The van der Waals surface area contributed by atoms with Crippen molar-refractivity contribution in [2.75, 3.05) is 11.9 Å². The van der Waals surface area contributed by atoms with E-state index in [1.54, 1.807) is 11.3 Å². The van der Waals surface area contributed by atoms with Crippen LogP contribution < -0.4 is 9.47 Å². The smallest absolute Gasteiger partial charge is 0.289 e. The van der Waals surface area contributed by atoms with E-state index in [0.717, 1.165) is 40.4 Å². The molecule has 6 rings (SSSR count). The molecule has 200 valence electrons. The summed E-state index contributed by atoms with van der Waals surface area (Å²) in [5.41, 5.74) is 6.98. The number of thiazole rings is 1. The number of benzene rings is 4. The second kappa shape index (κ2) is 11.9. The van der Waals surface area contributed by atoms with Gasteiger partial charge in [-0.25, -0.2) is 9.55 Å². The van der Waals surface area contributed by atoms with Crippen LogP contribution in [0.2, 0.25) is 0 Å². The first-order valence-electron chi connectivity index (χ1n) is 14.2. The van der Waals surface area contributed by atoms with E-state index in [0.29, 0.717) is 0 Å². The summed E-state index contributed by atoms with van der Waals surface area (Å²) >= 11 is 1.76. The molecular weight excluding hydrogens is 508 g/mol.